The lowest BCUT2D eigenvalue weighted by atomic mass is 9.77. The minimum absolute atomic E-state index is 0.0516. The maximum atomic E-state index is 15.4. The maximum Gasteiger partial charge on any atom is 0.417 e. The fourth-order valence-electron chi connectivity index (χ4n) is 7.44. The number of carbonyl (C=O) groups excluding carboxylic acids is 1. The number of hydrogen-bond donors (Lipinski definition) is 0. The van der Waals surface area contributed by atoms with Crippen LogP contribution in [0.4, 0.5) is 27.8 Å². The predicted molar refractivity (Wildman–Crippen MR) is 174 cm³/mol. The molecule has 15 heteroatoms. The molecule has 1 aromatic heterocycles. The highest BCUT2D eigenvalue weighted by molar-refractivity contribution is 7.99. The molecule has 0 N–H and O–H groups in total. The van der Waals surface area contributed by atoms with E-state index in [1.54, 1.807) is 16.7 Å². The molecule has 5 heterocycles. The number of piperidine rings is 1. The molecular weight excluding hydrogens is 677 g/mol. The van der Waals surface area contributed by atoms with Crippen molar-refractivity contribution >= 4 is 46.0 Å². The Balaban J connectivity index is 1.42. The molecule has 4 aliphatic rings. The van der Waals surface area contributed by atoms with Gasteiger partial charge in [-0.25, -0.2) is 13.6 Å². The second-order valence-corrected chi connectivity index (χ2v) is 14.6. The van der Waals surface area contributed by atoms with Crippen molar-refractivity contribution in [2.24, 2.45) is 5.41 Å². The number of piperazine rings is 1. The molecule has 2 atom stereocenters. The standard InChI is InChI=1S/C33H33ClF5N5O3S/c1-3-26(45)42-8-9-43(18(2)13-42)30-21-10-22(33(37,38)39)27(20-11-23(34)25(36)12-24(20)35)29-28(21)44(31(46)40-30)19(15-48-29)14-41-6-4-32(5-7-41)16-47-17-32/h3,10-12,18-19H,1,4-9,13-17H2,2H3/t18-,19-/m0/s1. The van der Waals surface area contributed by atoms with Crippen LogP contribution in [0.15, 0.2) is 40.5 Å². The minimum Gasteiger partial charge on any atom is -0.380 e. The number of benzene rings is 2. The third-order valence-corrected chi connectivity index (χ3v) is 11.6. The van der Waals surface area contributed by atoms with Gasteiger partial charge in [-0.2, -0.15) is 18.2 Å². The van der Waals surface area contributed by atoms with Crippen molar-refractivity contribution in [1.29, 1.82) is 0 Å². The Hall–Kier alpha value is -3.20. The van der Waals surface area contributed by atoms with Gasteiger partial charge in [0.05, 0.1) is 35.4 Å². The van der Waals surface area contributed by atoms with E-state index in [0.29, 0.717) is 12.6 Å². The second-order valence-electron chi connectivity index (χ2n) is 13.1. The van der Waals surface area contributed by atoms with Crippen molar-refractivity contribution < 1.29 is 31.5 Å². The third kappa shape index (κ3) is 5.67. The summed E-state index contributed by atoms with van der Waals surface area (Å²) in [7, 11) is 0. The maximum absolute atomic E-state index is 15.4. The Morgan fingerprint density at radius 2 is 1.88 bits per heavy atom. The summed E-state index contributed by atoms with van der Waals surface area (Å²) in [6.07, 6.45) is -1.86. The van der Waals surface area contributed by atoms with E-state index >= 15 is 4.39 Å². The smallest absolute Gasteiger partial charge is 0.380 e. The first-order valence-electron chi connectivity index (χ1n) is 15.8. The number of anilines is 1. The van der Waals surface area contributed by atoms with Gasteiger partial charge in [-0.3, -0.25) is 9.36 Å². The molecule has 0 radical (unpaired) electrons. The summed E-state index contributed by atoms with van der Waals surface area (Å²) in [4.78, 5) is 36.5. The number of thioether (sulfide) groups is 1. The van der Waals surface area contributed by atoms with Crippen LogP contribution in [0, 0.1) is 17.0 Å². The first-order chi connectivity index (χ1) is 22.8. The van der Waals surface area contributed by atoms with E-state index in [-0.39, 0.29) is 58.3 Å². The Bertz CT molecular complexity index is 1870. The highest BCUT2D eigenvalue weighted by Crippen LogP contribution is 2.51. The monoisotopic (exact) mass is 709 g/mol. The largest absolute Gasteiger partial charge is 0.417 e. The van der Waals surface area contributed by atoms with Crippen LogP contribution >= 0.6 is 23.4 Å². The number of amides is 1. The molecule has 0 saturated carbocycles. The summed E-state index contributed by atoms with van der Waals surface area (Å²) in [5.74, 6) is -2.29. The fourth-order valence-corrected chi connectivity index (χ4v) is 8.93. The number of alkyl halides is 3. The van der Waals surface area contributed by atoms with Gasteiger partial charge in [-0.05, 0) is 51.1 Å². The zero-order valence-electron chi connectivity index (χ0n) is 26.1. The highest BCUT2D eigenvalue weighted by atomic mass is 35.5. The molecule has 256 valence electrons. The molecule has 3 aromatic rings. The van der Waals surface area contributed by atoms with Gasteiger partial charge in [0.15, 0.2) is 0 Å². The van der Waals surface area contributed by atoms with Crippen LogP contribution in [0.3, 0.4) is 0 Å². The average Bonchev–Trinajstić information content (AvgIpc) is 3.03. The quantitative estimate of drug-likeness (QED) is 0.183. The number of nitrogens with zero attached hydrogens (tertiary/aromatic N) is 5. The molecule has 0 bridgehead atoms. The Labute approximate surface area is 282 Å². The number of ether oxygens (including phenoxy) is 1. The van der Waals surface area contributed by atoms with Gasteiger partial charge in [0, 0.05) is 70.9 Å². The van der Waals surface area contributed by atoms with Gasteiger partial charge in [-0.1, -0.05) is 18.2 Å². The van der Waals surface area contributed by atoms with Gasteiger partial charge in [0.1, 0.15) is 17.5 Å². The van der Waals surface area contributed by atoms with Gasteiger partial charge >= 0.3 is 11.9 Å². The zero-order valence-corrected chi connectivity index (χ0v) is 27.7. The van der Waals surface area contributed by atoms with Crippen LogP contribution in [0.1, 0.15) is 31.4 Å². The van der Waals surface area contributed by atoms with Crippen molar-refractivity contribution in [3.05, 3.63) is 63.6 Å². The number of halogens is 6. The summed E-state index contributed by atoms with van der Waals surface area (Å²) in [6, 6.07) is 1.42. The lowest BCUT2D eigenvalue weighted by Gasteiger charge is -2.48. The number of hydrogen-bond acceptors (Lipinski definition) is 7. The SMILES string of the molecule is C=CC(=O)N1CCN(c2nc(=O)n3c4c(c(-c5cc(Cl)c(F)cc5F)c(C(F)(F)F)cc24)SC[C@@H]3CN2CCC3(CC2)COC3)[C@@H](C)C1. The molecule has 2 aromatic carbocycles. The average molecular weight is 710 g/mol. The Morgan fingerprint density at radius 3 is 2.50 bits per heavy atom. The lowest BCUT2D eigenvalue weighted by molar-refractivity contribution is -0.140. The number of likely N-dealkylation sites (tertiary alicyclic amines) is 1. The van der Waals surface area contributed by atoms with Gasteiger partial charge < -0.3 is 19.4 Å². The summed E-state index contributed by atoms with van der Waals surface area (Å²) in [5, 5.41) is -0.440. The lowest BCUT2D eigenvalue weighted by Crippen LogP contribution is -2.54. The fraction of sp³-hybridized carbons (Fsp3) is 0.485. The topological polar surface area (TPSA) is 70.9 Å². The summed E-state index contributed by atoms with van der Waals surface area (Å²) < 4.78 is 81.5. The zero-order chi connectivity index (χ0) is 34.1. The van der Waals surface area contributed by atoms with Crippen molar-refractivity contribution in [3.63, 3.8) is 0 Å². The van der Waals surface area contributed by atoms with E-state index in [0.717, 1.165) is 63.0 Å². The van der Waals surface area contributed by atoms with E-state index in [2.05, 4.69) is 16.5 Å². The van der Waals surface area contributed by atoms with E-state index in [1.165, 1.54) is 10.6 Å². The first-order valence-corrected chi connectivity index (χ1v) is 17.1. The number of carbonyl (C=O) groups is 1. The van der Waals surface area contributed by atoms with Crippen LogP contribution in [0.2, 0.25) is 5.02 Å². The van der Waals surface area contributed by atoms with Crippen LogP contribution in [-0.4, -0.2) is 89.5 Å². The molecule has 0 aliphatic carbocycles. The highest BCUT2D eigenvalue weighted by Gasteiger charge is 2.43. The van der Waals surface area contributed by atoms with Crippen molar-refractivity contribution in [2.75, 3.05) is 63.1 Å². The van der Waals surface area contributed by atoms with Crippen LogP contribution in [-0.2, 0) is 15.7 Å². The normalized spacial score (nSPS) is 22.6. The van der Waals surface area contributed by atoms with Crippen molar-refractivity contribution in [1.82, 2.24) is 19.4 Å². The van der Waals surface area contributed by atoms with Crippen LogP contribution < -0.4 is 10.6 Å². The molecule has 4 aliphatic heterocycles. The van der Waals surface area contributed by atoms with Gasteiger partial charge in [-0.15, -0.1) is 11.8 Å². The van der Waals surface area contributed by atoms with Gasteiger partial charge in [0.25, 0.3) is 0 Å². The third-order valence-electron chi connectivity index (χ3n) is 10.1. The van der Waals surface area contributed by atoms with Crippen LogP contribution in [0.25, 0.3) is 22.0 Å². The van der Waals surface area contributed by atoms with Crippen molar-refractivity contribution in [2.45, 2.75) is 42.9 Å². The van der Waals surface area contributed by atoms with Crippen molar-refractivity contribution in [3.8, 4) is 11.1 Å². The molecule has 1 spiro atoms. The summed E-state index contributed by atoms with van der Waals surface area (Å²) in [5.41, 5.74) is -2.39. The van der Waals surface area contributed by atoms with Gasteiger partial charge in [0.2, 0.25) is 5.91 Å². The molecule has 48 heavy (non-hydrogen) atoms. The second kappa shape index (κ2) is 12.3. The number of aromatic nitrogens is 2. The molecule has 8 nitrogen and oxygen atoms in total. The predicted octanol–water partition coefficient (Wildman–Crippen LogP) is 6.00. The molecule has 1 amide bonds. The molecular formula is C33H33ClF5N5O3S. The van der Waals surface area contributed by atoms with Crippen LogP contribution in [0.5, 0.6) is 0 Å². The Morgan fingerprint density at radius 1 is 1.15 bits per heavy atom. The van der Waals surface area contributed by atoms with E-state index < -0.39 is 57.3 Å². The molecule has 7 rings (SSSR count). The molecule has 0 unspecified atom stereocenters. The summed E-state index contributed by atoms with van der Waals surface area (Å²) >= 11 is 7.11. The van der Waals surface area contributed by atoms with E-state index in [9.17, 15) is 27.2 Å². The number of rotatable bonds is 5. The first kappa shape index (κ1) is 33.3. The molecule has 3 fully saturated rings. The van der Waals surface area contributed by atoms with E-state index in [1.807, 2.05) is 0 Å². The van der Waals surface area contributed by atoms with E-state index in [4.69, 9.17) is 16.3 Å². The molecule has 3 saturated heterocycles. The Kier molecular flexibility index (Phi) is 8.53. The minimum atomic E-state index is -4.96. The summed E-state index contributed by atoms with van der Waals surface area (Å²) in [6.45, 7) is 9.58.